The summed E-state index contributed by atoms with van der Waals surface area (Å²) in [6, 6.07) is 8.03. The van der Waals surface area contributed by atoms with E-state index in [1.807, 2.05) is 58.0 Å². The Hall–Kier alpha value is -2.01. The Kier molecular flexibility index (Phi) is 8.19. The molecular formula is C18H28N2O3. The summed E-state index contributed by atoms with van der Waals surface area (Å²) in [4.78, 5) is 11.4. The molecule has 1 amide bonds. The van der Waals surface area contributed by atoms with Crippen molar-refractivity contribution in [3.63, 3.8) is 0 Å². The first-order valence-corrected chi connectivity index (χ1v) is 7.95. The number of alkyl carbamates (subject to hydrolysis) is 1. The second kappa shape index (κ2) is 9.90. The van der Waals surface area contributed by atoms with E-state index in [1.54, 1.807) is 0 Å². The molecule has 0 fully saturated rings. The van der Waals surface area contributed by atoms with Gasteiger partial charge in [-0.3, -0.25) is 0 Å². The molecule has 0 saturated heterocycles. The standard InChI is InChI=1S/C18H28N2O3/c1-5-22-16-10-8-9-15(13-16)14-19-11-6-7-12-20-17(21)23-18(2,3)4/h6-10,13,19H,5,11-12,14H2,1-4H3,(H,20,21)/b7-6+. The normalized spacial score (nSPS) is 11.5. The van der Waals surface area contributed by atoms with Crippen molar-refractivity contribution in [2.75, 3.05) is 19.7 Å². The van der Waals surface area contributed by atoms with Crippen molar-refractivity contribution in [1.29, 1.82) is 0 Å². The predicted molar refractivity (Wildman–Crippen MR) is 92.7 cm³/mol. The Labute approximate surface area is 139 Å². The molecule has 0 radical (unpaired) electrons. The van der Waals surface area contributed by atoms with E-state index in [-0.39, 0.29) is 0 Å². The van der Waals surface area contributed by atoms with Crippen LogP contribution in [0.4, 0.5) is 4.79 Å². The molecular weight excluding hydrogens is 292 g/mol. The molecule has 0 aromatic heterocycles. The maximum Gasteiger partial charge on any atom is 0.407 e. The summed E-state index contributed by atoms with van der Waals surface area (Å²) in [5, 5.41) is 5.99. The lowest BCUT2D eigenvalue weighted by Gasteiger charge is -2.19. The van der Waals surface area contributed by atoms with Crippen LogP contribution >= 0.6 is 0 Å². The van der Waals surface area contributed by atoms with E-state index >= 15 is 0 Å². The Morgan fingerprint density at radius 3 is 2.65 bits per heavy atom. The highest BCUT2D eigenvalue weighted by Gasteiger charge is 2.14. The van der Waals surface area contributed by atoms with E-state index in [0.717, 1.165) is 18.8 Å². The lowest BCUT2D eigenvalue weighted by Crippen LogP contribution is -2.32. The molecule has 5 nitrogen and oxygen atoms in total. The van der Waals surface area contributed by atoms with Crippen LogP contribution in [0.3, 0.4) is 0 Å². The van der Waals surface area contributed by atoms with Gasteiger partial charge in [0.05, 0.1) is 6.61 Å². The highest BCUT2D eigenvalue weighted by atomic mass is 16.6. The summed E-state index contributed by atoms with van der Waals surface area (Å²) in [6.07, 6.45) is 3.47. The number of carbonyl (C=O) groups is 1. The minimum absolute atomic E-state index is 0.400. The summed E-state index contributed by atoms with van der Waals surface area (Å²) in [5.41, 5.74) is 0.710. The van der Waals surface area contributed by atoms with Crippen LogP contribution in [-0.4, -0.2) is 31.4 Å². The number of ether oxygens (including phenoxy) is 2. The van der Waals surface area contributed by atoms with Crippen LogP contribution in [0.2, 0.25) is 0 Å². The fourth-order valence-electron chi connectivity index (χ4n) is 1.83. The lowest BCUT2D eigenvalue weighted by molar-refractivity contribution is 0.0534. The van der Waals surface area contributed by atoms with Crippen molar-refractivity contribution in [2.24, 2.45) is 0 Å². The zero-order valence-corrected chi connectivity index (χ0v) is 14.5. The first kappa shape index (κ1) is 19.0. The molecule has 1 aromatic rings. The van der Waals surface area contributed by atoms with Crippen molar-refractivity contribution >= 4 is 6.09 Å². The van der Waals surface area contributed by atoms with Gasteiger partial charge in [0.1, 0.15) is 11.4 Å². The van der Waals surface area contributed by atoms with Crippen molar-refractivity contribution in [1.82, 2.24) is 10.6 Å². The van der Waals surface area contributed by atoms with Crippen molar-refractivity contribution in [2.45, 2.75) is 39.8 Å². The molecule has 0 heterocycles. The van der Waals surface area contributed by atoms with Gasteiger partial charge in [-0.05, 0) is 45.4 Å². The van der Waals surface area contributed by atoms with E-state index in [2.05, 4.69) is 16.7 Å². The van der Waals surface area contributed by atoms with Gasteiger partial charge >= 0.3 is 6.09 Å². The molecule has 23 heavy (non-hydrogen) atoms. The predicted octanol–water partition coefficient (Wildman–Crippen LogP) is 3.26. The molecule has 0 aliphatic heterocycles. The maximum atomic E-state index is 11.4. The summed E-state index contributed by atoms with van der Waals surface area (Å²) < 4.78 is 10.6. The molecule has 0 saturated carbocycles. The third-order valence-corrected chi connectivity index (χ3v) is 2.73. The van der Waals surface area contributed by atoms with E-state index in [9.17, 15) is 4.79 Å². The van der Waals surface area contributed by atoms with Crippen LogP contribution in [-0.2, 0) is 11.3 Å². The van der Waals surface area contributed by atoms with Gasteiger partial charge in [0.15, 0.2) is 0 Å². The SMILES string of the molecule is CCOc1cccc(CNC/C=C/CNC(=O)OC(C)(C)C)c1. The number of carbonyl (C=O) groups excluding carboxylic acids is 1. The van der Waals surface area contributed by atoms with Gasteiger partial charge in [-0.15, -0.1) is 0 Å². The van der Waals surface area contributed by atoms with E-state index in [0.29, 0.717) is 13.2 Å². The monoisotopic (exact) mass is 320 g/mol. The summed E-state index contributed by atoms with van der Waals surface area (Å²) in [7, 11) is 0. The highest BCUT2D eigenvalue weighted by Crippen LogP contribution is 2.12. The van der Waals surface area contributed by atoms with Gasteiger partial charge in [-0.25, -0.2) is 4.79 Å². The Morgan fingerprint density at radius 1 is 1.22 bits per heavy atom. The van der Waals surface area contributed by atoms with Crippen molar-refractivity contribution in [3.8, 4) is 5.75 Å². The number of hydrogen-bond acceptors (Lipinski definition) is 4. The number of nitrogens with one attached hydrogen (secondary N) is 2. The molecule has 0 unspecified atom stereocenters. The minimum atomic E-state index is -0.467. The summed E-state index contributed by atoms with van der Waals surface area (Å²) in [6.45, 7) is 10.1. The van der Waals surface area contributed by atoms with E-state index in [4.69, 9.17) is 9.47 Å². The zero-order valence-electron chi connectivity index (χ0n) is 14.5. The highest BCUT2D eigenvalue weighted by molar-refractivity contribution is 5.67. The van der Waals surface area contributed by atoms with Crippen LogP contribution in [0.15, 0.2) is 36.4 Å². The fraction of sp³-hybridized carbons (Fsp3) is 0.500. The third kappa shape index (κ3) is 9.58. The Morgan fingerprint density at radius 2 is 1.96 bits per heavy atom. The van der Waals surface area contributed by atoms with Crippen molar-refractivity contribution in [3.05, 3.63) is 42.0 Å². The van der Waals surface area contributed by atoms with Crippen LogP contribution < -0.4 is 15.4 Å². The first-order valence-electron chi connectivity index (χ1n) is 7.95. The Balaban J connectivity index is 2.17. The van der Waals surface area contributed by atoms with Gasteiger partial charge in [0, 0.05) is 19.6 Å². The molecule has 5 heteroatoms. The molecule has 0 aliphatic carbocycles. The minimum Gasteiger partial charge on any atom is -0.494 e. The molecule has 1 aromatic carbocycles. The largest absolute Gasteiger partial charge is 0.494 e. The fourth-order valence-corrected chi connectivity index (χ4v) is 1.83. The van der Waals surface area contributed by atoms with E-state index < -0.39 is 11.7 Å². The van der Waals surface area contributed by atoms with Gasteiger partial charge in [0.25, 0.3) is 0 Å². The lowest BCUT2D eigenvalue weighted by atomic mass is 10.2. The topological polar surface area (TPSA) is 59.6 Å². The average molecular weight is 320 g/mol. The smallest absolute Gasteiger partial charge is 0.407 e. The van der Waals surface area contributed by atoms with Gasteiger partial charge < -0.3 is 20.1 Å². The van der Waals surface area contributed by atoms with Crippen molar-refractivity contribution < 1.29 is 14.3 Å². The second-order valence-electron chi connectivity index (χ2n) is 6.07. The first-order chi connectivity index (χ1) is 10.9. The van der Waals surface area contributed by atoms with Crippen LogP contribution in [0, 0.1) is 0 Å². The number of hydrogen-bond donors (Lipinski definition) is 2. The molecule has 0 aliphatic rings. The molecule has 0 bridgehead atoms. The average Bonchev–Trinajstić information content (AvgIpc) is 2.45. The van der Waals surface area contributed by atoms with Crippen LogP contribution in [0.5, 0.6) is 5.75 Å². The zero-order chi connectivity index (χ0) is 17.1. The molecule has 0 atom stereocenters. The third-order valence-electron chi connectivity index (χ3n) is 2.73. The van der Waals surface area contributed by atoms with Crippen LogP contribution in [0.1, 0.15) is 33.3 Å². The molecule has 128 valence electrons. The number of rotatable bonds is 8. The van der Waals surface area contributed by atoms with Gasteiger partial charge in [-0.1, -0.05) is 24.3 Å². The second-order valence-corrected chi connectivity index (χ2v) is 6.07. The summed E-state index contributed by atoms with van der Waals surface area (Å²) >= 11 is 0. The van der Waals surface area contributed by atoms with Gasteiger partial charge in [0.2, 0.25) is 0 Å². The Bertz CT molecular complexity index is 507. The summed E-state index contributed by atoms with van der Waals surface area (Å²) in [5.74, 6) is 0.893. The quantitative estimate of drug-likeness (QED) is 0.570. The molecule has 0 spiro atoms. The molecule has 2 N–H and O–H groups in total. The number of amides is 1. The van der Waals surface area contributed by atoms with Crippen LogP contribution in [0.25, 0.3) is 0 Å². The van der Waals surface area contributed by atoms with E-state index in [1.165, 1.54) is 5.56 Å². The van der Waals surface area contributed by atoms with Gasteiger partial charge in [-0.2, -0.15) is 0 Å². The molecule has 1 rings (SSSR count). The number of benzene rings is 1. The maximum absolute atomic E-state index is 11.4.